The highest BCUT2D eigenvalue weighted by Gasteiger charge is 2.42. The van der Waals surface area contributed by atoms with Crippen molar-refractivity contribution in [2.45, 2.75) is 29.2 Å². The van der Waals surface area contributed by atoms with Crippen molar-refractivity contribution in [2.75, 3.05) is 6.61 Å². The summed E-state index contributed by atoms with van der Waals surface area (Å²) >= 11 is 1.67. The molecule has 2 unspecified atom stereocenters. The Hall–Kier alpha value is -2.50. The molecule has 0 spiro atoms. The fourth-order valence-electron chi connectivity index (χ4n) is 3.66. The molecule has 5 heteroatoms. The summed E-state index contributed by atoms with van der Waals surface area (Å²) in [4.78, 5) is 12.4. The van der Waals surface area contributed by atoms with Gasteiger partial charge in [-0.05, 0) is 41.8 Å². The zero-order valence-corrected chi connectivity index (χ0v) is 16.5. The van der Waals surface area contributed by atoms with Crippen LogP contribution in [0.25, 0.3) is 0 Å². The van der Waals surface area contributed by atoms with E-state index in [0.29, 0.717) is 19.4 Å². The lowest BCUT2D eigenvalue weighted by atomic mass is 9.91. The minimum Gasteiger partial charge on any atom is -0.369 e. The number of primary amides is 1. The molecule has 2 aromatic carbocycles. The van der Waals surface area contributed by atoms with Crippen LogP contribution in [0.4, 0.5) is 0 Å². The molecule has 1 amide bonds. The Kier molecular flexibility index (Phi) is 5.55. The van der Waals surface area contributed by atoms with Gasteiger partial charge < -0.3 is 15.0 Å². The molecule has 144 valence electrons. The van der Waals surface area contributed by atoms with Crippen LogP contribution in [-0.2, 0) is 21.0 Å². The number of hydrogen-bond acceptors (Lipinski definition) is 3. The van der Waals surface area contributed by atoms with Crippen LogP contribution in [0, 0.1) is 5.92 Å². The summed E-state index contributed by atoms with van der Waals surface area (Å²) in [5.41, 5.74) is 7.95. The van der Waals surface area contributed by atoms with Gasteiger partial charge in [0.25, 0.3) is 0 Å². The number of benzene rings is 2. The molecule has 3 aromatic rings. The van der Waals surface area contributed by atoms with Gasteiger partial charge in [0.05, 0.1) is 0 Å². The van der Waals surface area contributed by atoms with Crippen LogP contribution >= 0.6 is 11.8 Å². The Labute approximate surface area is 169 Å². The molecule has 2 heterocycles. The third-order valence-corrected chi connectivity index (χ3v) is 6.53. The topological polar surface area (TPSA) is 57.3 Å². The van der Waals surface area contributed by atoms with E-state index < -0.39 is 4.93 Å². The molecular weight excluding hydrogens is 368 g/mol. The maximum atomic E-state index is 11.9. The van der Waals surface area contributed by atoms with E-state index in [-0.39, 0.29) is 11.8 Å². The first-order valence-electron chi connectivity index (χ1n) is 9.52. The number of rotatable bonds is 6. The SMILES string of the molecule is NC(=O)C1CCOC(Sc2ccc(Cn3cccc3)cc2)(c2ccccc2)C1. The second-order valence-corrected chi connectivity index (χ2v) is 8.50. The minimum absolute atomic E-state index is 0.172. The van der Waals surface area contributed by atoms with Gasteiger partial charge in [-0.3, -0.25) is 4.79 Å². The monoisotopic (exact) mass is 392 g/mol. The lowest BCUT2D eigenvalue weighted by Crippen LogP contribution is -2.39. The third kappa shape index (κ3) is 4.16. The molecule has 0 aliphatic carbocycles. The van der Waals surface area contributed by atoms with Crippen molar-refractivity contribution in [2.24, 2.45) is 11.7 Å². The van der Waals surface area contributed by atoms with Gasteiger partial charge >= 0.3 is 0 Å². The number of hydrogen-bond donors (Lipinski definition) is 1. The number of nitrogens with two attached hydrogens (primary N) is 1. The lowest BCUT2D eigenvalue weighted by Gasteiger charge is -2.40. The van der Waals surface area contributed by atoms with Crippen molar-refractivity contribution in [3.05, 3.63) is 90.3 Å². The van der Waals surface area contributed by atoms with Crippen molar-refractivity contribution in [3.8, 4) is 0 Å². The van der Waals surface area contributed by atoms with Gasteiger partial charge in [-0.15, -0.1) is 0 Å². The van der Waals surface area contributed by atoms with Gasteiger partial charge in [0.1, 0.15) is 4.93 Å². The zero-order chi connectivity index (χ0) is 19.4. The zero-order valence-electron chi connectivity index (χ0n) is 15.7. The molecule has 2 atom stereocenters. The summed E-state index contributed by atoms with van der Waals surface area (Å²) in [5.74, 6) is -0.416. The van der Waals surface area contributed by atoms with E-state index in [1.165, 1.54) is 5.56 Å². The number of amides is 1. The maximum Gasteiger partial charge on any atom is 0.220 e. The number of carbonyl (C=O) groups is 1. The Morgan fingerprint density at radius 2 is 1.79 bits per heavy atom. The van der Waals surface area contributed by atoms with Gasteiger partial charge in [-0.2, -0.15) is 0 Å². The fraction of sp³-hybridized carbons (Fsp3) is 0.261. The molecule has 4 nitrogen and oxygen atoms in total. The van der Waals surface area contributed by atoms with E-state index in [4.69, 9.17) is 10.5 Å². The molecule has 1 aromatic heterocycles. The highest BCUT2D eigenvalue weighted by atomic mass is 32.2. The molecule has 2 N–H and O–H groups in total. The van der Waals surface area contributed by atoms with Gasteiger partial charge in [0.2, 0.25) is 5.91 Å². The van der Waals surface area contributed by atoms with E-state index in [1.807, 2.05) is 30.3 Å². The molecule has 0 bridgehead atoms. The molecule has 1 fully saturated rings. The van der Waals surface area contributed by atoms with E-state index in [2.05, 4.69) is 53.4 Å². The first-order valence-corrected chi connectivity index (χ1v) is 10.3. The molecule has 28 heavy (non-hydrogen) atoms. The van der Waals surface area contributed by atoms with E-state index >= 15 is 0 Å². The summed E-state index contributed by atoms with van der Waals surface area (Å²) in [7, 11) is 0. The molecular formula is C23H24N2O2S. The predicted octanol–water partition coefficient (Wildman–Crippen LogP) is 4.39. The minimum atomic E-state index is -0.596. The largest absolute Gasteiger partial charge is 0.369 e. The molecule has 1 aliphatic rings. The van der Waals surface area contributed by atoms with Crippen LogP contribution in [0.3, 0.4) is 0 Å². The highest BCUT2D eigenvalue weighted by Crippen LogP contribution is 2.49. The standard InChI is InChI=1S/C23H24N2O2S/c24-22(26)19-12-15-27-23(16-19,20-6-2-1-3-7-20)28-21-10-8-18(9-11-21)17-25-13-4-5-14-25/h1-11,13-14,19H,12,15-17H2,(H2,24,26). The quantitative estimate of drug-likeness (QED) is 0.677. The van der Waals surface area contributed by atoms with Crippen LogP contribution < -0.4 is 5.73 Å². The van der Waals surface area contributed by atoms with E-state index in [9.17, 15) is 4.79 Å². The van der Waals surface area contributed by atoms with E-state index in [0.717, 1.165) is 17.0 Å². The van der Waals surface area contributed by atoms with Crippen molar-refractivity contribution < 1.29 is 9.53 Å². The normalized spacial score (nSPS) is 22.1. The number of carbonyl (C=O) groups excluding carboxylic acids is 1. The number of thioether (sulfide) groups is 1. The molecule has 4 rings (SSSR count). The highest BCUT2D eigenvalue weighted by molar-refractivity contribution is 8.00. The summed E-state index contributed by atoms with van der Waals surface area (Å²) in [6, 6.07) is 22.8. The van der Waals surface area contributed by atoms with E-state index in [1.54, 1.807) is 11.8 Å². The Bertz CT molecular complexity index is 910. The molecule has 1 saturated heterocycles. The fourth-order valence-corrected chi connectivity index (χ4v) is 4.99. The average Bonchev–Trinajstić information content (AvgIpc) is 3.23. The van der Waals surface area contributed by atoms with Gasteiger partial charge in [0.15, 0.2) is 0 Å². The Morgan fingerprint density at radius 1 is 1.07 bits per heavy atom. The molecule has 0 radical (unpaired) electrons. The van der Waals surface area contributed by atoms with Crippen LogP contribution in [0.5, 0.6) is 0 Å². The Morgan fingerprint density at radius 3 is 2.46 bits per heavy atom. The smallest absolute Gasteiger partial charge is 0.220 e. The predicted molar refractivity (Wildman–Crippen MR) is 112 cm³/mol. The summed E-state index contributed by atoms with van der Waals surface area (Å²) in [5, 5.41) is 0. The summed E-state index contributed by atoms with van der Waals surface area (Å²) in [6.45, 7) is 1.38. The van der Waals surface area contributed by atoms with Crippen molar-refractivity contribution in [3.63, 3.8) is 0 Å². The van der Waals surface area contributed by atoms with Crippen molar-refractivity contribution in [1.82, 2.24) is 4.57 Å². The third-order valence-electron chi connectivity index (χ3n) is 5.17. The maximum absolute atomic E-state index is 11.9. The first kappa shape index (κ1) is 18.8. The van der Waals surface area contributed by atoms with Crippen molar-refractivity contribution in [1.29, 1.82) is 0 Å². The number of nitrogens with zero attached hydrogens (tertiary/aromatic N) is 1. The first-order chi connectivity index (χ1) is 13.6. The second-order valence-electron chi connectivity index (χ2n) is 7.16. The number of ether oxygens (including phenoxy) is 1. The number of aromatic nitrogens is 1. The van der Waals surface area contributed by atoms with Crippen molar-refractivity contribution >= 4 is 17.7 Å². The average molecular weight is 393 g/mol. The summed E-state index contributed by atoms with van der Waals surface area (Å²) < 4.78 is 8.45. The van der Waals surface area contributed by atoms with Gasteiger partial charge in [-0.1, -0.05) is 54.2 Å². The summed E-state index contributed by atoms with van der Waals surface area (Å²) in [6.07, 6.45) is 5.39. The second kappa shape index (κ2) is 8.25. The van der Waals surface area contributed by atoms with Crippen LogP contribution in [0.1, 0.15) is 24.0 Å². The Balaban J connectivity index is 1.58. The van der Waals surface area contributed by atoms with Gasteiger partial charge in [0, 0.05) is 42.8 Å². The van der Waals surface area contributed by atoms with Crippen LogP contribution in [0.2, 0.25) is 0 Å². The van der Waals surface area contributed by atoms with Gasteiger partial charge in [-0.25, -0.2) is 0 Å². The lowest BCUT2D eigenvalue weighted by molar-refractivity contribution is -0.128. The molecule has 1 aliphatic heterocycles. The van der Waals surface area contributed by atoms with Crippen LogP contribution in [0.15, 0.2) is 84.0 Å². The molecule has 0 saturated carbocycles. The van der Waals surface area contributed by atoms with Crippen LogP contribution in [-0.4, -0.2) is 17.1 Å².